The maximum absolute atomic E-state index is 12.2. The van der Waals surface area contributed by atoms with Crippen LogP contribution in [0.1, 0.15) is 36.0 Å². The van der Waals surface area contributed by atoms with Crippen LogP contribution in [0.2, 0.25) is 0 Å². The van der Waals surface area contributed by atoms with Crippen molar-refractivity contribution in [1.29, 1.82) is 0 Å². The van der Waals surface area contributed by atoms with Crippen molar-refractivity contribution in [2.24, 2.45) is 5.73 Å². The first-order valence-corrected chi connectivity index (χ1v) is 7.96. The summed E-state index contributed by atoms with van der Waals surface area (Å²) in [6, 6.07) is 5.92. The highest BCUT2D eigenvalue weighted by molar-refractivity contribution is 14.1. The van der Waals surface area contributed by atoms with E-state index in [1.165, 1.54) is 6.42 Å². The molecule has 1 aromatic carbocycles. The van der Waals surface area contributed by atoms with Crippen molar-refractivity contribution in [2.75, 3.05) is 0 Å². The van der Waals surface area contributed by atoms with Crippen molar-refractivity contribution in [3.8, 4) is 0 Å². The van der Waals surface area contributed by atoms with E-state index in [0.29, 0.717) is 5.56 Å². The van der Waals surface area contributed by atoms with Crippen LogP contribution in [-0.4, -0.2) is 18.0 Å². The molecule has 0 radical (unpaired) electrons. The lowest BCUT2D eigenvalue weighted by Crippen LogP contribution is -2.49. The van der Waals surface area contributed by atoms with Crippen molar-refractivity contribution in [3.05, 3.63) is 31.8 Å². The lowest BCUT2D eigenvalue weighted by atomic mass is 9.91. The van der Waals surface area contributed by atoms with Gasteiger partial charge in [0.2, 0.25) is 0 Å². The molecule has 0 bridgehead atoms. The molecule has 98 valence electrons. The Morgan fingerprint density at radius 2 is 2.11 bits per heavy atom. The third kappa shape index (κ3) is 3.45. The monoisotopic (exact) mass is 422 g/mol. The number of hydrogen-bond donors (Lipinski definition) is 2. The van der Waals surface area contributed by atoms with Gasteiger partial charge in [-0.3, -0.25) is 4.79 Å². The summed E-state index contributed by atoms with van der Waals surface area (Å²) in [5, 5.41) is 3.06. The van der Waals surface area contributed by atoms with E-state index < -0.39 is 0 Å². The predicted molar refractivity (Wildman–Crippen MR) is 84.6 cm³/mol. The first-order valence-electron chi connectivity index (χ1n) is 6.09. The van der Waals surface area contributed by atoms with Crippen LogP contribution in [0, 0.1) is 3.57 Å². The third-order valence-electron chi connectivity index (χ3n) is 3.31. The van der Waals surface area contributed by atoms with Crippen LogP contribution in [0.25, 0.3) is 0 Å². The number of halogens is 2. The molecule has 0 spiro atoms. The van der Waals surface area contributed by atoms with E-state index in [4.69, 9.17) is 5.73 Å². The molecule has 1 aliphatic rings. The maximum atomic E-state index is 12.2. The number of rotatable bonds is 2. The van der Waals surface area contributed by atoms with Gasteiger partial charge >= 0.3 is 0 Å². The smallest absolute Gasteiger partial charge is 0.252 e. The van der Waals surface area contributed by atoms with Gasteiger partial charge in [-0.25, -0.2) is 0 Å². The molecule has 1 aromatic rings. The third-order valence-corrected chi connectivity index (χ3v) is 4.74. The van der Waals surface area contributed by atoms with Gasteiger partial charge in [-0.15, -0.1) is 0 Å². The van der Waals surface area contributed by atoms with Gasteiger partial charge in [-0.2, -0.15) is 0 Å². The number of benzene rings is 1. The van der Waals surface area contributed by atoms with Crippen molar-refractivity contribution in [1.82, 2.24) is 5.32 Å². The van der Waals surface area contributed by atoms with E-state index >= 15 is 0 Å². The topological polar surface area (TPSA) is 55.1 Å². The van der Waals surface area contributed by atoms with Crippen LogP contribution >= 0.6 is 38.5 Å². The minimum Gasteiger partial charge on any atom is -0.348 e. The second kappa shape index (κ2) is 6.34. The quantitative estimate of drug-likeness (QED) is 0.719. The highest BCUT2D eigenvalue weighted by atomic mass is 127. The fraction of sp³-hybridized carbons (Fsp3) is 0.462. The molecule has 1 amide bonds. The molecule has 1 fully saturated rings. The van der Waals surface area contributed by atoms with Crippen LogP contribution in [0.4, 0.5) is 0 Å². The standard InChI is InChI=1S/C13H16BrIN2O/c14-8-5-6-10(15)9(7-8)13(18)17-12-4-2-1-3-11(12)16/h5-7,11-12H,1-4,16H2,(H,17,18)/t11-,12-/m1/s1. The van der Waals surface area contributed by atoms with E-state index in [0.717, 1.165) is 27.3 Å². The first kappa shape index (κ1) is 14.3. The molecule has 2 atom stereocenters. The lowest BCUT2D eigenvalue weighted by Gasteiger charge is -2.29. The van der Waals surface area contributed by atoms with Gasteiger partial charge in [0, 0.05) is 20.1 Å². The minimum absolute atomic E-state index is 0.0250. The molecule has 18 heavy (non-hydrogen) atoms. The molecule has 0 saturated heterocycles. The Labute approximate surface area is 129 Å². The normalized spacial score (nSPS) is 23.7. The molecule has 3 nitrogen and oxygen atoms in total. The predicted octanol–water partition coefficient (Wildman–Crippen LogP) is 3.05. The van der Waals surface area contributed by atoms with Gasteiger partial charge in [0.15, 0.2) is 0 Å². The molecule has 0 aromatic heterocycles. The van der Waals surface area contributed by atoms with Gasteiger partial charge < -0.3 is 11.1 Å². The highest BCUT2D eigenvalue weighted by Gasteiger charge is 2.24. The summed E-state index contributed by atoms with van der Waals surface area (Å²) in [5.41, 5.74) is 6.76. The SMILES string of the molecule is N[C@@H]1CCCC[C@H]1NC(=O)c1cc(Br)ccc1I. The molecular formula is C13H16BrIN2O. The van der Waals surface area contributed by atoms with Crippen molar-refractivity contribution >= 4 is 44.4 Å². The fourth-order valence-electron chi connectivity index (χ4n) is 2.26. The van der Waals surface area contributed by atoms with Gasteiger partial charge in [0.05, 0.1) is 5.56 Å². The van der Waals surface area contributed by atoms with Crippen LogP contribution in [-0.2, 0) is 0 Å². The summed E-state index contributed by atoms with van der Waals surface area (Å²) in [5.74, 6) is -0.0250. The molecule has 3 N–H and O–H groups in total. The highest BCUT2D eigenvalue weighted by Crippen LogP contribution is 2.20. The van der Waals surface area contributed by atoms with Gasteiger partial charge in [-0.05, 0) is 53.6 Å². The van der Waals surface area contributed by atoms with Crippen LogP contribution in [0.3, 0.4) is 0 Å². The minimum atomic E-state index is -0.0250. The average Bonchev–Trinajstić information content (AvgIpc) is 2.35. The van der Waals surface area contributed by atoms with E-state index in [2.05, 4.69) is 43.8 Å². The number of amides is 1. The summed E-state index contributed by atoms with van der Waals surface area (Å²) >= 11 is 5.57. The van der Waals surface area contributed by atoms with Crippen LogP contribution in [0.5, 0.6) is 0 Å². The maximum Gasteiger partial charge on any atom is 0.252 e. The van der Waals surface area contributed by atoms with Gasteiger partial charge in [0.25, 0.3) is 5.91 Å². The average molecular weight is 423 g/mol. The van der Waals surface area contributed by atoms with Crippen LogP contribution < -0.4 is 11.1 Å². The molecule has 0 aliphatic heterocycles. The van der Waals surface area contributed by atoms with E-state index in [1.54, 1.807) is 0 Å². The Kier molecular flexibility index (Phi) is 5.03. The van der Waals surface area contributed by atoms with Crippen LogP contribution in [0.15, 0.2) is 22.7 Å². The van der Waals surface area contributed by atoms with E-state index in [1.807, 2.05) is 18.2 Å². The van der Waals surface area contributed by atoms with Crippen molar-refractivity contribution < 1.29 is 4.79 Å². The number of carbonyl (C=O) groups excluding carboxylic acids is 1. The fourth-order valence-corrected chi connectivity index (χ4v) is 3.20. The Hall–Kier alpha value is -0.140. The number of hydrogen-bond acceptors (Lipinski definition) is 2. The molecule has 5 heteroatoms. The zero-order valence-corrected chi connectivity index (χ0v) is 13.7. The first-order chi connectivity index (χ1) is 8.58. The number of nitrogens with two attached hydrogens (primary N) is 1. The van der Waals surface area contributed by atoms with E-state index in [-0.39, 0.29) is 18.0 Å². The summed E-state index contributed by atoms with van der Waals surface area (Å²) in [7, 11) is 0. The summed E-state index contributed by atoms with van der Waals surface area (Å²) in [4.78, 5) is 12.2. The largest absolute Gasteiger partial charge is 0.348 e. The molecular weight excluding hydrogens is 407 g/mol. The van der Waals surface area contributed by atoms with Crippen molar-refractivity contribution in [3.63, 3.8) is 0 Å². The summed E-state index contributed by atoms with van der Waals surface area (Å²) < 4.78 is 1.87. The Bertz CT molecular complexity index is 453. The number of nitrogens with one attached hydrogen (secondary N) is 1. The number of carbonyl (C=O) groups is 1. The van der Waals surface area contributed by atoms with E-state index in [9.17, 15) is 4.79 Å². The second-order valence-corrected chi connectivity index (χ2v) is 6.73. The summed E-state index contributed by atoms with van der Waals surface area (Å²) in [6.45, 7) is 0. The zero-order valence-electron chi connectivity index (χ0n) is 9.96. The molecule has 1 aliphatic carbocycles. The Morgan fingerprint density at radius 1 is 1.39 bits per heavy atom. The molecule has 0 heterocycles. The summed E-state index contributed by atoms with van der Waals surface area (Å²) in [6.07, 6.45) is 4.30. The lowest BCUT2D eigenvalue weighted by molar-refractivity contribution is 0.0920. The zero-order chi connectivity index (χ0) is 13.1. The molecule has 2 rings (SSSR count). The second-order valence-electron chi connectivity index (χ2n) is 4.65. The van der Waals surface area contributed by atoms with Crippen molar-refractivity contribution in [2.45, 2.75) is 37.8 Å². The molecule has 0 unspecified atom stereocenters. The Morgan fingerprint density at radius 3 is 2.83 bits per heavy atom. The molecule has 1 saturated carbocycles. The van der Waals surface area contributed by atoms with Gasteiger partial charge in [-0.1, -0.05) is 28.8 Å². The van der Waals surface area contributed by atoms with Gasteiger partial charge in [0.1, 0.15) is 0 Å². The Balaban J connectivity index is 2.09.